The first-order chi connectivity index (χ1) is 26.1. The number of ether oxygens (including phenoxy) is 3. The van der Waals surface area contributed by atoms with Crippen LogP contribution < -0.4 is 26.6 Å². The molecular weight excluding hydrogens is 716 g/mol. The van der Waals surface area contributed by atoms with Crippen molar-refractivity contribution in [1.29, 1.82) is 0 Å². The summed E-state index contributed by atoms with van der Waals surface area (Å²) < 4.78 is 17.0. The van der Waals surface area contributed by atoms with E-state index in [0.29, 0.717) is 5.56 Å². The predicted octanol–water partition coefficient (Wildman–Crippen LogP) is 1.05. The van der Waals surface area contributed by atoms with Gasteiger partial charge in [-0.3, -0.25) is 30.0 Å². The molecule has 3 aliphatic rings. The van der Waals surface area contributed by atoms with Crippen molar-refractivity contribution in [2.75, 3.05) is 20.8 Å². The number of ketones is 3. The number of aliphatic hydroxyl groups is 3. The second-order valence-corrected chi connectivity index (χ2v) is 14.1. The van der Waals surface area contributed by atoms with Crippen molar-refractivity contribution < 1.29 is 58.9 Å². The van der Waals surface area contributed by atoms with Gasteiger partial charge in [-0.2, -0.15) is 0 Å². The number of carbonyl (C=O) groups is 4. The number of hydrogen-bond acceptors (Lipinski definition) is 15. The Hall–Kier alpha value is -4.78. The number of hydrogen-bond donors (Lipinski definition) is 9. The number of nitrogens with one attached hydrogen (secondary N) is 3. The maximum Gasteiger partial charge on any atom is 0.251 e. The molecule has 296 valence electrons. The molecule has 3 aromatic rings. The van der Waals surface area contributed by atoms with Crippen LogP contribution >= 0.6 is 0 Å². The third-order valence-corrected chi connectivity index (χ3v) is 9.91. The minimum Gasteiger partial charge on any atom is -0.507 e. The van der Waals surface area contributed by atoms with E-state index in [1.54, 1.807) is 6.92 Å². The molecule has 16 nitrogen and oxygen atoms in total. The zero-order valence-corrected chi connectivity index (χ0v) is 31.2. The van der Waals surface area contributed by atoms with Crippen molar-refractivity contribution in [2.45, 2.75) is 88.9 Å². The summed E-state index contributed by atoms with van der Waals surface area (Å²) in [7, 11) is 3.15. The molecule has 2 aliphatic carbocycles. The number of rotatable bonds is 10. The van der Waals surface area contributed by atoms with E-state index in [0.717, 1.165) is 12.1 Å². The van der Waals surface area contributed by atoms with Crippen molar-refractivity contribution in [3.8, 4) is 17.2 Å². The van der Waals surface area contributed by atoms with Crippen LogP contribution in [0.4, 0.5) is 0 Å². The summed E-state index contributed by atoms with van der Waals surface area (Å²) in [6, 6.07) is 11.4. The van der Waals surface area contributed by atoms with Crippen LogP contribution in [0.5, 0.6) is 17.2 Å². The zero-order valence-electron chi connectivity index (χ0n) is 31.2. The molecule has 3 aromatic carbocycles. The van der Waals surface area contributed by atoms with Gasteiger partial charge in [0.15, 0.2) is 17.9 Å². The number of phenols is 2. The molecule has 6 rings (SSSR count). The van der Waals surface area contributed by atoms with Crippen molar-refractivity contribution >= 4 is 23.3 Å². The molecule has 1 fully saturated rings. The Bertz CT molecular complexity index is 1940. The summed E-state index contributed by atoms with van der Waals surface area (Å²) in [4.78, 5) is 51.4. The van der Waals surface area contributed by atoms with E-state index >= 15 is 0 Å². The minimum absolute atomic E-state index is 0.0173. The van der Waals surface area contributed by atoms with Crippen molar-refractivity contribution in [3.63, 3.8) is 0 Å². The van der Waals surface area contributed by atoms with Crippen molar-refractivity contribution in [2.24, 2.45) is 5.73 Å². The summed E-state index contributed by atoms with van der Waals surface area (Å²) in [5.41, 5.74) is 10.0. The van der Waals surface area contributed by atoms with Gasteiger partial charge in [-0.15, -0.1) is 0 Å². The molecule has 0 spiro atoms. The summed E-state index contributed by atoms with van der Waals surface area (Å²) in [6.07, 6.45) is -5.12. The normalized spacial score (nSPS) is 24.2. The zero-order chi connectivity index (χ0) is 40.4. The molecule has 55 heavy (non-hydrogen) atoms. The van der Waals surface area contributed by atoms with Crippen LogP contribution in [0.2, 0.25) is 0 Å². The van der Waals surface area contributed by atoms with Gasteiger partial charge in [-0.05, 0) is 51.6 Å². The number of nitrogens with two attached hydrogens (primary N) is 1. The second-order valence-electron chi connectivity index (χ2n) is 14.1. The van der Waals surface area contributed by atoms with E-state index in [-0.39, 0.29) is 46.4 Å². The average Bonchev–Trinajstić information content (AvgIpc) is 3.15. The Morgan fingerprint density at radius 3 is 2.31 bits per heavy atom. The monoisotopic (exact) mass is 764 g/mol. The highest BCUT2D eigenvalue weighted by Gasteiger charge is 2.50. The van der Waals surface area contributed by atoms with E-state index in [2.05, 4.69) is 16.2 Å². The van der Waals surface area contributed by atoms with Gasteiger partial charge in [-0.1, -0.05) is 24.3 Å². The van der Waals surface area contributed by atoms with Gasteiger partial charge in [0.2, 0.25) is 5.78 Å². The van der Waals surface area contributed by atoms with Crippen LogP contribution in [0.1, 0.15) is 98.6 Å². The van der Waals surface area contributed by atoms with Crippen LogP contribution in [0.25, 0.3) is 0 Å². The molecule has 1 aliphatic heterocycles. The summed E-state index contributed by atoms with van der Waals surface area (Å²) in [5.74, 6) is -3.80. The highest BCUT2D eigenvalue weighted by molar-refractivity contribution is 6.31. The van der Waals surface area contributed by atoms with Crippen LogP contribution in [-0.4, -0.2) is 106 Å². The van der Waals surface area contributed by atoms with Crippen molar-refractivity contribution in [3.05, 3.63) is 87.0 Å². The molecule has 16 heteroatoms. The van der Waals surface area contributed by atoms with E-state index in [1.165, 1.54) is 25.3 Å². The van der Waals surface area contributed by atoms with Crippen LogP contribution in [0, 0.1) is 0 Å². The van der Waals surface area contributed by atoms with Gasteiger partial charge in [0.05, 0.1) is 42.1 Å². The maximum atomic E-state index is 13.6. The summed E-state index contributed by atoms with van der Waals surface area (Å²) in [5, 5.41) is 56.5. The van der Waals surface area contributed by atoms with Crippen molar-refractivity contribution in [1.82, 2.24) is 16.2 Å². The Balaban J connectivity index is 0.000000305. The molecule has 6 atom stereocenters. The number of hydrazine groups is 1. The lowest BCUT2D eigenvalue weighted by Gasteiger charge is -2.42. The number of amides is 1. The van der Waals surface area contributed by atoms with E-state index in [4.69, 9.17) is 19.9 Å². The number of aliphatic hydroxyl groups excluding tert-OH is 2. The van der Waals surface area contributed by atoms with Crippen LogP contribution in [0.3, 0.4) is 0 Å². The lowest BCUT2D eigenvalue weighted by Crippen LogP contribution is -2.53. The van der Waals surface area contributed by atoms with E-state index < -0.39 is 95.7 Å². The highest BCUT2D eigenvalue weighted by atomic mass is 16.7. The van der Waals surface area contributed by atoms with Gasteiger partial charge >= 0.3 is 0 Å². The molecule has 0 radical (unpaired) electrons. The Labute approximate surface area is 317 Å². The van der Waals surface area contributed by atoms with E-state index in [1.807, 2.05) is 45.2 Å². The topological polar surface area (TPSA) is 259 Å². The molecule has 1 saturated heterocycles. The SMILES string of the molecule is CNNCc1ccc(C(=O)NC(C)C)cc1.COc1cccc2c1C(=O)c1c(O)c3c(c(O)c1C2=O)C[C@@](O)(C(=O)CO)C[C@@H]3O[C@H]1C[C@H](N)[C@H](O)[C@H](C)O1. The van der Waals surface area contributed by atoms with Gasteiger partial charge in [0.1, 0.15) is 29.5 Å². The Morgan fingerprint density at radius 1 is 1.04 bits per heavy atom. The number of aromatic hydroxyl groups is 2. The van der Waals surface area contributed by atoms with Gasteiger partial charge in [0.25, 0.3) is 5.91 Å². The molecule has 1 heterocycles. The molecule has 0 bridgehead atoms. The first kappa shape index (κ1) is 41.4. The van der Waals surface area contributed by atoms with Crippen LogP contribution in [0.15, 0.2) is 42.5 Å². The fourth-order valence-corrected chi connectivity index (χ4v) is 7.06. The van der Waals surface area contributed by atoms with E-state index in [9.17, 15) is 44.7 Å². The second kappa shape index (κ2) is 16.9. The summed E-state index contributed by atoms with van der Waals surface area (Å²) in [6.45, 7) is 5.19. The largest absolute Gasteiger partial charge is 0.507 e. The third-order valence-electron chi connectivity index (χ3n) is 9.91. The molecule has 0 unspecified atom stereocenters. The number of phenolic OH excluding ortho intramolecular Hbond substituents is 2. The van der Waals surface area contributed by atoms with Gasteiger partial charge in [-0.25, -0.2) is 0 Å². The standard InChI is InChI=1S/C27H29NO11.C12H19N3O/c1-10-22(31)13(28)6-17(38-10)39-15-8-27(36,16(30)9-29)7-12-19(15)26(35)21-20(24(12)33)23(32)11-4-3-5-14(37-2)18(11)25(21)34;1-9(2)15-12(16)11-6-4-10(5-7-11)8-14-13-3/h3-5,10,13,15,17,22,29,31,33,35-36H,6-9,28H2,1-2H3;4-7,9,13-14H,8H2,1-3H3,(H,15,16)/t10-,13-,15-,17-,22+,27-;/m0./s1. The third kappa shape index (κ3) is 8.27. The first-order valence-electron chi connectivity index (χ1n) is 17.8. The minimum atomic E-state index is -2.24. The Kier molecular flexibility index (Phi) is 12.7. The quantitative estimate of drug-likeness (QED) is 0.0808. The molecule has 1 amide bonds. The number of Topliss-reactive ketones (excluding diaryl/α,β-unsaturated/α-hetero) is 1. The van der Waals surface area contributed by atoms with Crippen LogP contribution in [-0.2, 0) is 27.2 Å². The number of carbonyl (C=O) groups excluding carboxylic acids is 4. The van der Waals surface area contributed by atoms with Gasteiger partial charge in [0, 0.05) is 60.1 Å². The first-order valence-corrected chi connectivity index (χ1v) is 17.8. The Morgan fingerprint density at radius 2 is 1.71 bits per heavy atom. The predicted molar refractivity (Wildman–Crippen MR) is 197 cm³/mol. The number of methoxy groups -OCH3 is 1. The lowest BCUT2D eigenvalue weighted by molar-refractivity contribution is -0.247. The lowest BCUT2D eigenvalue weighted by atomic mass is 9.72. The average molecular weight is 765 g/mol. The molecule has 0 aromatic heterocycles. The highest BCUT2D eigenvalue weighted by Crippen LogP contribution is 2.52. The molecular formula is C39H48N4O12. The maximum absolute atomic E-state index is 13.6. The molecule has 10 N–H and O–H groups in total. The fraction of sp³-hybridized carbons (Fsp3) is 0.436. The molecule has 0 saturated carbocycles. The summed E-state index contributed by atoms with van der Waals surface area (Å²) >= 11 is 0. The van der Waals surface area contributed by atoms with Gasteiger partial charge < -0.3 is 50.8 Å². The number of benzene rings is 3. The smallest absolute Gasteiger partial charge is 0.251 e. The number of fused-ring (bicyclic) bond motifs is 3. The fourth-order valence-electron chi connectivity index (χ4n) is 7.06.